The molecule has 2 N–H and O–H groups in total. The molecule has 1 aliphatic rings. The molecule has 0 aliphatic carbocycles. The highest BCUT2D eigenvalue weighted by atomic mass is 35.5. The standard InChI is InChI=1S/C30H25ClFN3O4S/c31-24-11-10-22(33-28(36)26-27(40-25(17-32)34-26)20-4-2-1-3-5-20)16-23(24)29(37)35-14-12-19(13-15-35)18-6-8-21(9-7-18)30(38)39/h1-11,16,19H,12-15,17H2,(H,33,36)(H,38,39). The average Bonchev–Trinajstić information content (AvgIpc) is 3.43. The van der Waals surface area contributed by atoms with Crippen molar-refractivity contribution in [1.82, 2.24) is 9.88 Å². The van der Waals surface area contributed by atoms with Crippen molar-refractivity contribution in [2.45, 2.75) is 25.4 Å². The lowest BCUT2D eigenvalue weighted by Crippen LogP contribution is -2.38. The maximum atomic E-state index is 13.4. The zero-order valence-corrected chi connectivity index (χ0v) is 22.8. The predicted molar refractivity (Wildman–Crippen MR) is 153 cm³/mol. The minimum Gasteiger partial charge on any atom is -0.478 e. The maximum Gasteiger partial charge on any atom is 0.335 e. The molecule has 0 saturated carbocycles. The van der Waals surface area contributed by atoms with Crippen LogP contribution in [0.5, 0.6) is 0 Å². The van der Waals surface area contributed by atoms with E-state index >= 15 is 0 Å². The second kappa shape index (κ2) is 12.0. The molecule has 0 bridgehead atoms. The summed E-state index contributed by atoms with van der Waals surface area (Å²) in [5.74, 6) is -1.49. The number of piperidine rings is 1. The summed E-state index contributed by atoms with van der Waals surface area (Å²) in [6, 6.07) is 20.8. The Hall–Kier alpha value is -4.08. The Kier molecular flexibility index (Phi) is 8.23. The van der Waals surface area contributed by atoms with E-state index in [1.807, 2.05) is 42.5 Å². The summed E-state index contributed by atoms with van der Waals surface area (Å²) < 4.78 is 13.4. The van der Waals surface area contributed by atoms with Crippen molar-refractivity contribution < 1.29 is 23.9 Å². The number of aromatic nitrogens is 1. The van der Waals surface area contributed by atoms with Crippen LogP contribution in [0.3, 0.4) is 0 Å². The molecule has 1 fully saturated rings. The lowest BCUT2D eigenvalue weighted by atomic mass is 9.89. The Labute approximate surface area is 239 Å². The highest BCUT2D eigenvalue weighted by Gasteiger charge is 2.27. The van der Waals surface area contributed by atoms with Gasteiger partial charge in [-0.1, -0.05) is 54.1 Å². The van der Waals surface area contributed by atoms with E-state index in [1.165, 1.54) is 0 Å². The molecule has 1 saturated heterocycles. The molecule has 1 aromatic heterocycles. The lowest BCUT2D eigenvalue weighted by molar-refractivity contribution is 0.0691. The Balaban J connectivity index is 1.28. The van der Waals surface area contributed by atoms with Crippen molar-refractivity contribution in [1.29, 1.82) is 0 Å². The zero-order valence-electron chi connectivity index (χ0n) is 21.3. The largest absolute Gasteiger partial charge is 0.478 e. The normalized spacial score (nSPS) is 13.7. The number of benzene rings is 3. The SMILES string of the molecule is O=C(O)c1ccc(C2CCN(C(=O)c3cc(NC(=O)c4nc(CF)sc4-c4ccccc4)ccc3Cl)CC2)cc1. The van der Waals surface area contributed by atoms with E-state index in [2.05, 4.69) is 10.3 Å². The summed E-state index contributed by atoms with van der Waals surface area (Å²) in [7, 11) is 0. The van der Waals surface area contributed by atoms with Crippen LogP contribution in [0.25, 0.3) is 10.4 Å². The maximum absolute atomic E-state index is 13.4. The summed E-state index contributed by atoms with van der Waals surface area (Å²) >= 11 is 7.52. The van der Waals surface area contributed by atoms with Crippen LogP contribution >= 0.6 is 22.9 Å². The smallest absolute Gasteiger partial charge is 0.335 e. The first kappa shape index (κ1) is 27.5. The zero-order chi connectivity index (χ0) is 28.2. The van der Waals surface area contributed by atoms with Crippen LogP contribution in [-0.2, 0) is 6.67 Å². The molecular weight excluding hydrogens is 553 g/mol. The molecule has 10 heteroatoms. The molecule has 7 nitrogen and oxygen atoms in total. The predicted octanol–water partition coefficient (Wildman–Crippen LogP) is 6.90. The monoisotopic (exact) mass is 577 g/mol. The second-order valence-corrected chi connectivity index (χ2v) is 10.9. The number of nitrogens with one attached hydrogen (secondary N) is 1. The summed E-state index contributed by atoms with van der Waals surface area (Å²) in [5.41, 5.74) is 2.82. The van der Waals surface area contributed by atoms with Gasteiger partial charge in [-0.15, -0.1) is 11.3 Å². The molecule has 204 valence electrons. The van der Waals surface area contributed by atoms with E-state index in [0.29, 0.717) is 23.7 Å². The van der Waals surface area contributed by atoms with Crippen molar-refractivity contribution in [2.24, 2.45) is 0 Å². The summed E-state index contributed by atoms with van der Waals surface area (Å²) in [6.07, 6.45) is 1.46. The number of carbonyl (C=O) groups is 3. The van der Waals surface area contributed by atoms with Crippen LogP contribution in [0.4, 0.5) is 10.1 Å². The number of hydrogen-bond donors (Lipinski definition) is 2. The van der Waals surface area contributed by atoms with E-state index in [9.17, 15) is 18.8 Å². The molecule has 0 radical (unpaired) electrons. The van der Waals surface area contributed by atoms with Crippen molar-refractivity contribution in [2.75, 3.05) is 18.4 Å². The third kappa shape index (κ3) is 5.90. The molecule has 0 spiro atoms. The molecule has 2 amide bonds. The lowest BCUT2D eigenvalue weighted by Gasteiger charge is -2.32. The fourth-order valence-electron chi connectivity index (χ4n) is 4.80. The number of carbonyl (C=O) groups excluding carboxylic acids is 2. The number of amides is 2. The topological polar surface area (TPSA) is 99.6 Å². The van der Waals surface area contributed by atoms with Gasteiger partial charge in [-0.05, 0) is 60.2 Å². The van der Waals surface area contributed by atoms with Gasteiger partial charge in [0.25, 0.3) is 11.8 Å². The minimum atomic E-state index is -0.963. The number of carboxylic acids is 1. The quantitative estimate of drug-likeness (QED) is 0.249. The number of thiazole rings is 1. The van der Waals surface area contributed by atoms with Crippen LogP contribution < -0.4 is 5.32 Å². The average molecular weight is 578 g/mol. The Morgan fingerprint density at radius 1 is 1.02 bits per heavy atom. The second-order valence-electron chi connectivity index (χ2n) is 9.43. The van der Waals surface area contributed by atoms with Gasteiger partial charge in [0.1, 0.15) is 17.4 Å². The molecule has 40 heavy (non-hydrogen) atoms. The minimum absolute atomic E-state index is 0.116. The van der Waals surface area contributed by atoms with E-state index in [0.717, 1.165) is 35.3 Å². The first-order chi connectivity index (χ1) is 19.3. The summed E-state index contributed by atoms with van der Waals surface area (Å²) in [4.78, 5) is 44.2. The van der Waals surface area contributed by atoms with E-state index in [1.54, 1.807) is 35.2 Å². The third-order valence-electron chi connectivity index (χ3n) is 6.90. The third-order valence-corrected chi connectivity index (χ3v) is 8.30. The highest BCUT2D eigenvalue weighted by molar-refractivity contribution is 7.15. The molecule has 5 rings (SSSR count). The first-order valence-corrected chi connectivity index (χ1v) is 13.9. The summed E-state index contributed by atoms with van der Waals surface area (Å²) in [5, 5.41) is 12.4. The van der Waals surface area contributed by atoms with Crippen molar-refractivity contribution in [3.63, 3.8) is 0 Å². The summed E-state index contributed by atoms with van der Waals surface area (Å²) in [6.45, 7) is 0.256. The van der Waals surface area contributed by atoms with Crippen molar-refractivity contribution >= 4 is 46.4 Å². The fourth-order valence-corrected chi connectivity index (χ4v) is 5.92. The highest BCUT2D eigenvalue weighted by Crippen LogP contribution is 2.33. The Morgan fingerprint density at radius 2 is 1.73 bits per heavy atom. The number of rotatable bonds is 7. The van der Waals surface area contributed by atoms with Gasteiger partial charge in [0.15, 0.2) is 0 Å². The van der Waals surface area contributed by atoms with Gasteiger partial charge in [-0.25, -0.2) is 14.2 Å². The van der Waals surface area contributed by atoms with Gasteiger partial charge in [0.05, 0.1) is 21.0 Å². The van der Waals surface area contributed by atoms with Gasteiger partial charge < -0.3 is 15.3 Å². The molecule has 3 aromatic carbocycles. The van der Waals surface area contributed by atoms with E-state index < -0.39 is 18.6 Å². The number of carboxylic acid groups (broad SMARTS) is 1. The van der Waals surface area contributed by atoms with Crippen LogP contribution in [0.2, 0.25) is 5.02 Å². The molecule has 2 heterocycles. The van der Waals surface area contributed by atoms with Crippen molar-refractivity contribution in [3.05, 3.63) is 105 Å². The van der Waals surface area contributed by atoms with Gasteiger partial charge in [-0.2, -0.15) is 0 Å². The number of hydrogen-bond acceptors (Lipinski definition) is 5. The van der Waals surface area contributed by atoms with Crippen molar-refractivity contribution in [3.8, 4) is 10.4 Å². The van der Waals surface area contributed by atoms with Gasteiger partial charge in [-0.3, -0.25) is 9.59 Å². The van der Waals surface area contributed by atoms with E-state index in [4.69, 9.17) is 16.7 Å². The van der Waals surface area contributed by atoms with Crippen LogP contribution in [0.1, 0.15) is 60.5 Å². The molecule has 1 aliphatic heterocycles. The number of likely N-dealkylation sites (tertiary alicyclic amines) is 1. The number of anilines is 1. The Bertz CT molecular complexity index is 1550. The first-order valence-electron chi connectivity index (χ1n) is 12.7. The van der Waals surface area contributed by atoms with Crippen LogP contribution in [-0.4, -0.2) is 45.9 Å². The van der Waals surface area contributed by atoms with Gasteiger partial charge >= 0.3 is 5.97 Å². The number of aromatic carboxylic acids is 1. The Morgan fingerprint density at radius 3 is 2.38 bits per heavy atom. The number of nitrogens with zero attached hydrogens (tertiary/aromatic N) is 2. The van der Waals surface area contributed by atoms with Crippen LogP contribution in [0, 0.1) is 0 Å². The molecule has 0 unspecified atom stereocenters. The fraction of sp³-hybridized carbons (Fsp3) is 0.200. The van der Waals surface area contributed by atoms with Crippen LogP contribution in [0.15, 0.2) is 72.8 Å². The van der Waals surface area contributed by atoms with Gasteiger partial charge in [0, 0.05) is 18.8 Å². The number of halogens is 2. The molecule has 4 aromatic rings. The number of alkyl halides is 1. The van der Waals surface area contributed by atoms with Gasteiger partial charge in [0.2, 0.25) is 0 Å². The van der Waals surface area contributed by atoms with E-state index in [-0.39, 0.29) is 38.7 Å². The molecule has 0 atom stereocenters. The molecular formula is C30H25ClFN3O4S.